The van der Waals surface area contributed by atoms with Crippen LogP contribution in [0, 0.1) is 10.1 Å². The van der Waals surface area contributed by atoms with Crippen LogP contribution in [0.25, 0.3) is 49.7 Å². The van der Waals surface area contributed by atoms with Gasteiger partial charge in [-0.3, -0.25) is 10.1 Å². The van der Waals surface area contributed by atoms with Crippen molar-refractivity contribution in [2.75, 3.05) is 21.3 Å². The van der Waals surface area contributed by atoms with Crippen LogP contribution in [0.5, 0.6) is 17.2 Å². The molecule has 0 spiro atoms. The highest BCUT2D eigenvalue weighted by Crippen LogP contribution is 2.48. The topological polar surface area (TPSA) is 75.8 Å². The number of hydrogen-bond acceptors (Lipinski definition) is 5. The largest absolute Gasteiger partial charge is 0.497 e. The van der Waals surface area contributed by atoms with Gasteiger partial charge in [0.25, 0.3) is 5.69 Å². The van der Waals surface area contributed by atoms with Crippen molar-refractivity contribution in [1.29, 1.82) is 0 Å². The van der Waals surface area contributed by atoms with Crippen LogP contribution in [0.4, 0.5) is 5.69 Å². The maximum atomic E-state index is 11.5. The van der Waals surface area contributed by atoms with E-state index in [-0.39, 0.29) is 10.6 Å². The van der Waals surface area contributed by atoms with E-state index in [0.717, 1.165) is 55.5 Å². The third kappa shape index (κ3) is 4.08. The molecule has 7 heteroatoms. The highest BCUT2D eigenvalue weighted by Gasteiger charge is 2.26. The third-order valence-corrected chi connectivity index (χ3v) is 7.22. The van der Waals surface area contributed by atoms with Crippen molar-refractivity contribution < 1.29 is 19.1 Å². The van der Waals surface area contributed by atoms with Crippen LogP contribution in [-0.2, 0) is 0 Å². The monoisotopic (exact) mass is 530 g/mol. The summed E-state index contributed by atoms with van der Waals surface area (Å²) in [6, 6.07) is 32.8. The molecule has 6 rings (SSSR count). The fourth-order valence-corrected chi connectivity index (χ4v) is 5.34. The van der Waals surface area contributed by atoms with Crippen LogP contribution in [-0.4, -0.2) is 30.8 Å². The quantitative estimate of drug-likeness (QED) is 0.154. The predicted molar refractivity (Wildman–Crippen MR) is 158 cm³/mol. The summed E-state index contributed by atoms with van der Waals surface area (Å²) >= 11 is 0. The standard InChI is InChI=1S/C33H26N2O5/c1-38-25-15-13-23(14-16-25)34-29-18-17-26(39-2)20-28(29)31(22-8-11-24(12-9-22)35(36)37)33(34)32-27-7-5-4-6-21(27)10-19-30(32)40-3/h4-20H,1-3H3. The van der Waals surface area contributed by atoms with Gasteiger partial charge >= 0.3 is 0 Å². The molecule has 5 aromatic carbocycles. The number of nitrogens with zero attached hydrogens (tertiary/aromatic N) is 2. The molecule has 0 aliphatic carbocycles. The minimum absolute atomic E-state index is 0.0320. The first-order chi connectivity index (χ1) is 19.5. The molecule has 198 valence electrons. The van der Waals surface area contributed by atoms with Crippen molar-refractivity contribution >= 4 is 27.4 Å². The summed E-state index contributed by atoms with van der Waals surface area (Å²) in [7, 11) is 4.95. The molecule has 0 saturated heterocycles. The zero-order valence-electron chi connectivity index (χ0n) is 22.3. The van der Waals surface area contributed by atoms with Crippen LogP contribution >= 0.6 is 0 Å². The fourth-order valence-electron chi connectivity index (χ4n) is 5.34. The van der Waals surface area contributed by atoms with Gasteiger partial charge in [-0.25, -0.2) is 0 Å². The van der Waals surface area contributed by atoms with Gasteiger partial charge in [0.2, 0.25) is 0 Å². The van der Waals surface area contributed by atoms with Gasteiger partial charge in [0.05, 0.1) is 37.5 Å². The number of aromatic nitrogens is 1. The maximum absolute atomic E-state index is 11.5. The van der Waals surface area contributed by atoms with E-state index in [0.29, 0.717) is 11.5 Å². The van der Waals surface area contributed by atoms with Gasteiger partial charge in [0.1, 0.15) is 17.2 Å². The van der Waals surface area contributed by atoms with Gasteiger partial charge in [0, 0.05) is 34.3 Å². The summed E-state index contributed by atoms with van der Waals surface area (Å²) in [6.45, 7) is 0. The van der Waals surface area contributed by atoms with Crippen molar-refractivity contribution in [3.8, 4) is 45.3 Å². The second-order valence-corrected chi connectivity index (χ2v) is 9.31. The lowest BCUT2D eigenvalue weighted by Gasteiger charge is -2.18. The summed E-state index contributed by atoms with van der Waals surface area (Å²) in [5, 5.41) is 14.5. The molecule has 6 aromatic rings. The number of nitro groups is 1. The molecule has 0 aliphatic rings. The molecule has 40 heavy (non-hydrogen) atoms. The van der Waals surface area contributed by atoms with E-state index in [9.17, 15) is 10.1 Å². The molecule has 1 heterocycles. The number of nitro benzene ring substituents is 1. The summed E-state index contributed by atoms with van der Waals surface area (Å²) in [5.41, 5.74) is 5.47. The van der Waals surface area contributed by atoms with E-state index in [1.54, 1.807) is 33.5 Å². The lowest BCUT2D eigenvalue weighted by atomic mass is 9.94. The van der Waals surface area contributed by atoms with Gasteiger partial charge in [-0.1, -0.05) is 30.3 Å². The Bertz CT molecular complexity index is 1870. The van der Waals surface area contributed by atoms with Crippen molar-refractivity contribution in [3.05, 3.63) is 113 Å². The van der Waals surface area contributed by atoms with Gasteiger partial charge in [0.15, 0.2) is 0 Å². The molecule has 0 saturated carbocycles. The van der Waals surface area contributed by atoms with Gasteiger partial charge < -0.3 is 18.8 Å². The van der Waals surface area contributed by atoms with Crippen LogP contribution in [0.15, 0.2) is 103 Å². The van der Waals surface area contributed by atoms with Crippen molar-refractivity contribution in [1.82, 2.24) is 4.57 Å². The Balaban J connectivity index is 1.82. The molecule has 0 bridgehead atoms. The number of fused-ring (bicyclic) bond motifs is 2. The normalized spacial score (nSPS) is 11.1. The summed E-state index contributed by atoms with van der Waals surface area (Å²) in [6.07, 6.45) is 0. The molecule has 0 aliphatic heterocycles. The maximum Gasteiger partial charge on any atom is 0.269 e. The molecule has 0 radical (unpaired) electrons. The minimum atomic E-state index is -0.387. The molecule has 0 N–H and O–H groups in total. The lowest BCUT2D eigenvalue weighted by Crippen LogP contribution is -2.00. The van der Waals surface area contributed by atoms with Crippen molar-refractivity contribution in [2.24, 2.45) is 0 Å². The number of non-ortho nitro benzene ring substituents is 1. The van der Waals surface area contributed by atoms with Crippen molar-refractivity contribution in [2.45, 2.75) is 0 Å². The summed E-state index contributed by atoms with van der Waals surface area (Å²) in [5.74, 6) is 2.17. The zero-order chi connectivity index (χ0) is 27.8. The Kier molecular flexibility index (Phi) is 6.32. The average molecular weight is 531 g/mol. The molecule has 0 unspecified atom stereocenters. The molecule has 0 fully saturated rings. The molecular formula is C33H26N2O5. The van der Waals surface area contributed by atoms with Crippen molar-refractivity contribution in [3.63, 3.8) is 0 Å². The van der Waals surface area contributed by atoms with E-state index in [1.165, 1.54) is 12.1 Å². The Morgan fingerprint density at radius 3 is 2.05 bits per heavy atom. The fraction of sp³-hybridized carbons (Fsp3) is 0.0909. The molecule has 1 aromatic heterocycles. The Morgan fingerprint density at radius 2 is 1.38 bits per heavy atom. The van der Waals surface area contributed by atoms with E-state index >= 15 is 0 Å². The molecule has 0 amide bonds. The van der Waals surface area contributed by atoms with Crippen LogP contribution in [0.3, 0.4) is 0 Å². The Hall–Kier alpha value is -5.30. The summed E-state index contributed by atoms with van der Waals surface area (Å²) in [4.78, 5) is 11.1. The van der Waals surface area contributed by atoms with E-state index in [2.05, 4.69) is 16.7 Å². The highest BCUT2D eigenvalue weighted by atomic mass is 16.6. The molecule has 0 atom stereocenters. The second-order valence-electron chi connectivity index (χ2n) is 9.31. The smallest absolute Gasteiger partial charge is 0.269 e. The number of benzene rings is 5. The van der Waals surface area contributed by atoms with Gasteiger partial charge in [-0.15, -0.1) is 0 Å². The first kappa shape index (κ1) is 25.0. The predicted octanol–water partition coefficient (Wildman–Crippen LogP) is 8.05. The summed E-state index contributed by atoms with van der Waals surface area (Å²) < 4.78 is 19.2. The van der Waals surface area contributed by atoms with Gasteiger partial charge in [-0.2, -0.15) is 0 Å². The van der Waals surface area contributed by atoms with Crippen LogP contribution < -0.4 is 14.2 Å². The van der Waals surface area contributed by atoms with E-state index in [4.69, 9.17) is 14.2 Å². The van der Waals surface area contributed by atoms with E-state index < -0.39 is 0 Å². The average Bonchev–Trinajstić information content (AvgIpc) is 3.34. The number of methoxy groups -OCH3 is 3. The Labute approximate surface area is 230 Å². The van der Waals surface area contributed by atoms with Crippen LogP contribution in [0.1, 0.15) is 0 Å². The molecular weight excluding hydrogens is 504 g/mol. The minimum Gasteiger partial charge on any atom is -0.497 e. The molecule has 7 nitrogen and oxygen atoms in total. The van der Waals surface area contributed by atoms with Crippen LogP contribution in [0.2, 0.25) is 0 Å². The number of ether oxygens (including phenoxy) is 3. The first-order valence-electron chi connectivity index (χ1n) is 12.7. The zero-order valence-corrected chi connectivity index (χ0v) is 22.3. The van der Waals surface area contributed by atoms with E-state index in [1.807, 2.05) is 66.7 Å². The second kappa shape index (κ2) is 10.1. The number of rotatable bonds is 7. The lowest BCUT2D eigenvalue weighted by molar-refractivity contribution is -0.384. The third-order valence-electron chi connectivity index (χ3n) is 7.22. The first-order valence-corrected chi connectivity index (χ1v) is 12.7. The van der Waals surface area contributed by atoms with Gasteiger partial charge in [-0.05, 0) is 77.0 Å². The SMILES string of the molecule is COc1ccc(-n2c(-c3c(OC)ccc4ccccc34)c(-c3ccc([N+](=O)[O-])cc3)c3cc(OC)ccc32)cc1. The number of hydrogen-bond donors (Lipinski definition) is 0. The Morgan fingerprint density at radius 1 is 0.675 bits per heavy atom. The highest BCUT2D eigenvalue weighted by molar-refractivity contribution is 6.11.